The molecule has 1 unspecified atom stereocenters. The van der Waals surface area contributed by atoms with Crippen molar-refractivity contribution in [1.29, 1.82) is 0 Å². The summed E-state index contributed by atoms with van der Waals surface area (Å²) in [5.74, 6) is -0.890. The number of likely N-dealkylation sites (tertiary alicyclic amines) is 1. The summed E-state index contributed by atoms with van der Waals surface area (Å²) in [4.78, 5) is 28.4. The van der Waals surface area contributed by atoms with Crippen LogP contribution < -0.4 is 0 Å². The summed E-state index contributed by atoms with van der Waals surface area (Å²) < 4.78 is 0. The third-order valence-corrected chi connectivity index (χ3v) is 6.59. The predicted molar refractivity (Wildman–Crippen MR) is 141 cm³/mol. The van der Waals surface area contributed by atoms with Gasteiger partial charge in [-0.3, -0.25) is 9.59 Å². The van der Waals surface area contributed by atoms with Gasteiger partial charge in [0.1, 0.15) is 5.92 Å². The largest absolute Gasteiger partial charge is 0.315 e. The van der Waals surface area contributed by atoms with E-state index < -0.39 is 5.92 Å². The molecule has 0 aliphatic carbocycles. The van der Waals surface area contributed by atoms with Crippen LogP contribution in [0.2, 0.25) is 0 Å². The number of amides is 1. The van der Waals surface area contributed by atoms with Crippen molar-refractivity contribution in [2.24, 2.45) is 5.92 Å². The molecule has 3 nitrogen and oxygen atoms in total. The smallest absolute Gasteiger partial charge is 0.237 e. The lowest BCUT2D eigenvalue weighted by molar-refractivity contribution is -0.128. The van der Waals surface area contributed by atoms with Crippen molar-refractivity contribution in [3.05, 3.63) is 138 Å². The lowest BCUT2D eigenvalue weighted by Crippen LogP contribution is -2.31. The van der Waals surface area contributed by atoms with E-state index in [1.807, 2.05) is 79.0 Å². The van der Waals surface area contributed by atoms with E-state index >= 15 is 0 Å². The maximum atomic E-state index is 13.4. The van der Waals surface area contributed by atoms with Gasteiger partial charge in [-0.05, 0) is 41.2 Å². The summed E-state index contributed by atoms with van der Waals surface area (Å²) in [5.41, 5.74) is 5.09. The molecule has 0 spiro atoms. The third-order valence-electron chi connectivity index (χ3n) is 6.59. The Bertz CT molecular complexity index is 1310. The van der Waals surface area contributed by atoms with Crippen LogP contribution in [0.3, 0.4) is 0 Å². The Morgan fingerprint density at radius 2 is 1.31 bits per heavy atom. The summed E-state index contributed by atoms with van der Waals surface area (Å²) in [6, 6.07) is 37.7. The molecule has 172 valence electrons. The minimum Gasteiger partial charge on any atom is -0.315 e. The van der Waals surface area contributed by atoms with E-state index in [4.69, 9.17) is 0 Å². The molecule has 35 heavy (non-hydrogen) atoms. The Labute approximate surface area is 206 Å². The number of hydrogen-bond donors (Lipinski definition) is 0. The highest BCUT2D eigenvalue weighted by Crippen LogP contribution is 2.31. The average molecular weight is 458 g/mol. The van der Waals surface area contributed by atoms with E-state index in [2.05, 4.69) is 36.4 Å². The lowest BCUT2D eigenvalue weighted by atomic mass is 9.92. The summed E-state index contributed by atoms with van der Waals surface area (Å²) in [5, 5.41) is 0. The van der Waals surface area contributed by atoms with E-state index in [0.717, 1.165) is 16.7 Å². The van der Waals surface area contributed by atoms with Crippen molar-refractivity contribution in [1.82, 2.24) is 4.90 Å². The van der Waals surface area contributed by atoms with Crippen molar-refractivity contribution in [2.45, 2.75) is 18.9 Å². The van der Waals surface area contributed by atoms with Gasteiger partial charge in [0.05, 0.1) is 0 Å². The molecule has 1 amide bonds. The van der Waals surface area contributed by atoms with Gasteiger partial charge < -0.3 is 4.90 Å². The van der Waals surface area contributed by atoms with Gasteiger partial charge in [-0.2, -0.15) is 0 Å². The van der Waals surface area contributed by atoms with Crippen LogP contribution in [-0.4, -0.2) is 22.6 Å². The maximum Gasteiger partial charge on any atom is 0.237 e. The zero-order valence-corrected chi connectivity index (χ0v) is 19.5. The second kappa shape index (κ2) is 10.4. The van der Waals surface area contributed by atoms with Gasteiger partial charge >= 0.3 is 0 Å². The molecular weight excluding hydrogens is 430 g/mol. The molecule has 0 aromatic heterocycles. The fraction of sp³-hybridized carbons (Fsp3) is 0.125. The Balaban J connectivity index is 1.39. The van der Waals surface area contributed by atoms with Gasteiger partial charge in [-0.1, -0.05) is 115 Å². The van der Waals surface area contributed by atoms with Crippen molar-refractivity contribution in [3.8, 4) is 11.1 Å². The van der Waals surface area contributed by atoms with E-state index in [-0.39, 0.29) is 17.7 Å². The third kappa shape index (κ3) is 5.15. The highest BCUT2D eigenvalue weighted by molar-refractivity contribution is 6.11. The topological polar surface area (TPSA) is 37.4 Å². The van der Waals surface area contributed by atoms with Crippen LogP contribution in [0.1, 0.15) is 27.9 Å². The van der Waals surface area contributed by atoms with Crippen molar-refractivity contribution in [3.63, 3.8) is 0 Å². The first-order chi connectivity index (χ1) is 17.2. The molecule has 0 bridgehead atoms. The summed E-state index contributed by atoms with van der Waals surface area (Å²) in [6.07, 6.45) is 4.99. The fourth-order valence-electron chi connectivity index (χ4n) is 4.71. The molecule has 0 N–H and O–H groups in total. The van der Waals surface area contributed by atoms with Crippen molar-refractivity contribution >= 4 is 17.8 Å². The maximum absolute atomic E-state index is 13.4. The molecule has 1 aliphatic heterocycles. The van der Waals surface area contributed by atoms with Gasteiger partial charge in [-0.15, -0.1) is 0 Å². The van der Waals surface area contributed by atoms with Gasteiger partial charge in [0.2, 0.25) is 5.91 Å². The van der Waals surface area contributed by atoms with E-state index in [1.165, 1.54) is 5.56 Å². The van der Waals surface area contributed by atoms with Gasteiger partial charge in [0, 0.05) is 17.8 Å². The molecule has 4 aromatic rings. The average Bonchev–Trinajstić information content (AvgIpc) is 3.23. The van der Waals surface area contributed by atoms with Crippen LogP contribution in [0.15, 0.2) is 121 Å². The molecule has 0 saturated carbocycles. The minimum atomic E-state index is -0.661. The zero-order valence-electron chi connectivity index (χ0n) is 19.5. The minimum absolute atomic E-state index is 0.0808. The molecule has 3 heteroatoms. The Kier molecular flexibility index (Phi) is 6.67. The first-order valence-electron chi connectivity index (χ1n) is 12.0. The second-order valence-electron chi connectivity index (χ2n) is 8.91. The highest BCUT2D eigenvalue weighted by Gasteiger charge is 2.42. The second-order valence-corrected chi connectivity index (χ2v) is 8.91. The van der Waals surface area contributed by atoms with Crippen molar-refractivity contribution < 1.29 is 9.59 Å². The summed E-state index contributed by atoms with van der Waals surface area (Å²) >= 11 is 0. The number of hydrogen-bond acceptors (Lipinski definition) is 2. The number of rotatable bonds is 7. The SMILES string of the molecule is O=C(c1ccccc1)[C@@H]1CC(Cc2ccc(-c3ccccc3)cc2)N(C=Cc2ccccc2)C1=O. The van der Waals surface area contributed by atoms with Gasteiger partial charge in [-0.25, -0.2) is 0 Å². The summed E-state index contributed by atoms with van der Waals surface area (Å²) in [6.45, 7) is 0. The molecule has 1 aliphatic rings. The molecule has 5 rings (SSSR count). The predicted octanol–water partition coefficient (Wildman–Crippen LogP) is 6.67. The monoisotopic (exact) mass is 457 g/mol. The number of carbonyl (C=O) groups is 2. The molecular formula is C32H27NO2. The molecule has 2 atom stereocenters. The van der Waals surface area contributed by atoms with Gasteiger partial charge in [0.15, 0.2) is 5.78 Å². The van der Waals surface area contributed by atoms with E-state index in [0.29, 0.717) is 18.4 Å². The zero-order chi connectivity index (χ0) is 24.0. The van der Waals surface area contributed by atoms with Gasteiger partial charge in [0.25, 0.3) is 0 Å². The van der Waals surface area contributed by atoms with Crippen LogP contribution in [0, 0.1) is 5.92 Å². The molecule has 1 fully saturated rings. The Morgan fingerprint density at radius 3 is 1.97 bits per heavy atom. The number of nitrogens with zero attached hydrogens (tertiary/aromatic N) is 1. The normalized spacial score (nSPS) is 17.7. The number of ketones is 1. The quantitative estimate of drug-likeness (QED) is 0.230. The molecule has 1 saturated heterocycles. The van der Waals surface area contributed by atoms with Crippen LogP contribution in [-0.2, 0) is 11.2 Å². The molecule has 4 aromatic carbocycles. The van der Waals surface area contributed by atoms with Crippen molar-refractivity contribution in [2.75, 3.05) is 0 Å². The first kappa shape index (κ1) is 22.5. The number of Topliss-reactive ketones (excluding diaryl/α,β-unsaturated/α-hetero) is 1. The number of benzene rings is 4. The Morgan fingerprint density at radius 1 is 0.743 bits per heavy atom. The lowest BCUT2D eigenvalue weighted by Gasteiger charge is -2.21. The first-order valence-corrected chi connectivity index (χ1v) is 12.0. The van der Waals surface area contributed by atoms with E-state index in [1.54, 1.807) is 17.0 Å². The van der Waals surface area contributed by atoms with Crippen LogP contribution in [0.4, 0.5) is 0 Å². The van der Waals surface area contributed by atoms with E-state index in [9.17, 15) is 9.59 Å². The molecule has 1 heterocycles. The highest BCUT2D eigenvalue weighted by atomic mass is 16.2. The fourth-order valence-corrected chi connectivity index (χ4v) is 4.71. The Hall–Kier alpha value is -4.24. The molecule has 0 radical (unpaired) electrons. The summed E-state index contributed by atoms with van der Waals surface area (Å²) in [7, 11) is 0. The number of carbonyl (C=O) groups excluding carboxylic acids is 2. The standard InChI is InChI=1S/C32H27NO2/c34-31(28-14-8-3-9-15-28)30-23-29(33(32(30)35)21-20-24-10-4-1-5-11-24)22-25-16-18-27(19-17-25)26-12-6-2-7-13-26/h1-21,29-30H,22-23H2/t29?,30-/m0/s1. The van der Waals surface area contributed by atoms with Crippen LogP contribution in [0.25, 0.3) is 17.2 Å². The van der Waals surface area contributed by atoms with Crippen LogP contribution >= 0.6 is 0 Å². The van der Waals surface area contributed by atoms with Crippen LogP contribution in [0.5, 0.6) is 0 Å².